The summed E-state index contributed by atoms with van der Waals surface area (Å²) in [4.78, 5) is 16.9. The fourth-order valence-electron chi connectivity index (χ4n) is 4.38. The van der Waals surface area contributed by atoms with Crippen molar-refractivity contribution in [2.24, 2.45) is 0 Å². The molecule has 0 radical (unpaired) electrons. The van der Waals surface area contributed by atoms with E-state index >= 15 is 0 Å². The van der Waals surface area contributed by atoms with Crippen molar-refractivity contribution in [2.75, 3.05) is 6.54 Å². The predicted octanol–water partition coefficient (Wildman–Crippen LogP) is 7.33. The summed E-state index contributed by atoms with van der Waals surface area (Å²) < 4.78 is 2.44. The second-order valence-electron chi connectivity index (χ2n) is 9.14. The van der Waals surface area contributed by atoms with Crippen LogP contribution in [0.25, 0.3) is 17.1 Å². The van der Waals surface area contributed by atoms with Gasteiger partial charge in [-0.2, -0.15) is 0 Å². The maximum absolute atomic E-state index is 12.0. The molecule has 1 heterocycles. The molecule has 0 aliphatic carbocycles. The average molecular weight is 460 g/mol. The molecule has 182 valence electrons. The molecule has 1 aromatic heterocycles. The largest absolute Gasteiger partial charge is 0.353 e. The molecule has 2 aromatic carbocycles. The predicted molar refractivity (Wildman–Crippen MR) is 144 cm³/mol. The molecule has 1 N–H and O–H groups in total. The number of unbranched alkanes of at least 4 members (excludes halogenated alkanes) is 8. The Hall–Kier alpha value is -2.88. The maximum atomic E-state index is 12.0. The van der Waals surface area contributed by atoms with Gasteiger partial charge in [-0.3, -0.25) is 4.79 Å². The number of aromatic nitrogens is 2. The summed E-state index contributed by atoms with van der Waals surface area (Å²) in [5, 5.41) is 2.99. The lowest BCUT2D eigenvalue weighted by atomic mass is 10.1. The molecule has 0 unspecified atom stereocenters. The van der Waals surface area contributed by atoms with E-state index in [2.05, 4.69) is 41.1 Å². The highest BCUT2D eigenvalue weighted by molar-refractivity contribution is 5.91. The van der Waals surface area contributed by atoms with Gasteiger partial charge >= 0.3 is 0 Å². The lowest BCUT2D eigenvalue weighted by Gasteiger charge is -2.10. The zero-order chi connectivity index (χ0) is 23.8. The van der Waals surface area contributed by atoms with Crippen molar-refractivity contribution in [2.45, 2.75) is 84.1 Å². The van der Waals surface area contributed by atoms with Gasteiger partial charge in [-0.05, 0) is 43.0 Å². The molecule has 0 atom stereocenters. The molecule has 0 spiro atoms. The number of carbonyl (C=O) groups excluding carboxylic acids is 1. The van der Waals surface area contributed by atoms with E-state index in [4.69, 9.17) is 4.98 Å². The first-order valence-electron chi connectivity index (χ1n) is 13.2. The van der Waals surface area contributed by atoms with Crippen LogP contribution in [0.15, 0.2) is 60.7 Å². The molecule has 4 nitrogen and oxygen atoms in total. The van der Waals surface area contributed by atoms with Gasteiger partial charge in [0.2, 0.25) is 5.91 Å². The van der Waals surface area contributed by atoms with Crippen LogP contribution >= 0.6 is 0 Å². The summed E-state index contributed by atoms with van der Waals surface area (Å²) in [5.41, 5.74) is 3.41. The van der Waals surface area contributed by atoms with Crippen molar-refractivity contribution >= 4 is 23.0 Å². The number of hydrogen-bond acceptors (Lipinski definition) is 2. The third-order valence-corrected chi connectivity index (χ3v) is 6.32. The van der Waals surface area contributed by atoms with Crippen molar-refractivity contribution in [1.29, 1.82) is 0 Å². The Morgan fingerprint density at radius 2 is 1.56 bits per heavy atom. The van der Waals surface area contributed by atoms with Gasteiger partial charge in [-0.15, -0.1) is 0 Å². The van der Waals surface area contributed by atoms with E-state index in [1.54, 1.807) is 6.08 Å². The normalized spacial score (nSPS) is 11.4. The number of rotatable bonds is 16. The van der Waals surface area contributed by atoms with Gasteiger partial charge in [-0.25, -0.2) is 4.98 Å². The highest BCUT2D eigenvalue weighted by Crippen LogP contribution is 2.19. The first-order chi connectivity index (χ1) is 16.8. The van der Waals surface area contributed by atoms with Crippen LogP contribution < -0.4 is 5.32 Å². The van der Waals surface area contributed by atoms with Crippen LogP contribution in [-0.4, -0.2) is 22.0 Å². The second kappa shape index (κ2) is 15.1. The monoisotopic (exact) mass is 459 g/mol. The third kappa shape index (κ3) is 8.81. The number of amides is 1. The van der Waals surface area contributed by atoms with E-state index in [1.165, 1.54) is 56.3 Å². The number of nitrogens with one attached hydrogen (secondary N) is 1. The minimum atomic E-state index is -0.0275. The SMILES string of the molecule is CCCCCCCCCn1c(CCCCCNC(=O)/C=C/c2ccccc2)nc2ccccc21. The van der Waals surface area contributed by atoms with E-state index in [0.29, 0.717) is 6.54 Å². The Kier molecular flexibility index (Phi) is 11.4. The Balaban J connectivity index is 1.38. The Labute approximate surface area is 205 Å². The van der Waals surface area contributed by atoms with Crippen molar-refractivity contribution in [3.05, 3.63) is 72.1 Å². The van der Waals surface area contributed by atoms with Gasteiger partial charge in [0.25, 0.3) is 0 Å². The fraction of sp³-hybridized carbons (Fsp3) is 0.467. The average Bonchev–Trinajstić information content (AvgIpc) is 3.22. The number of nitrogens with zero attached hydrogens (tertiary/aromatic N) is 2. The summed E-state index contributed by atoms with van der Waals surface area (Å²) >= 11 is 0. The van der Waals surface area contributed by atoms with E-state index < -0.39 is 0 Å². The molecular weight excluding hydrogens is 418 g/mol. The van der Waals surface area contributed by atoms with Crippen LogP contribution in [0.2, 0.25) is 0 Å². The number of fused-ring (bicyclic) bond motifs is 1. The van der Waals surface area contributed by atoms with Crippen LogP contribution in [0.1, 0.15) is 82.5 Å². The lowest BCUT2D eigenvalue weighted by Crippen LogP contribution is -2.22. The number of para-hydroxylation sites is 2. The Bertz CT molecular complexity index is 1010. The fourth-order valence-corrected chi connectivity index (χ4v) is 4.38. The molecule has 0 bridgehead atoms. The minimum absolute atomic E-state index is 0.0275. The lowest BCUT2D eigenvalue weighted by molar-refractivity contribution is -0.116. The molecular formula is C30H41N3O. The smallest absolute Gasteiger partial charge is 0.243 e. The van der Waals surface area contributed by atoms with Crippen molar-refractivity contribution < 1.29 is 4.79 Å². The quantitative estimate of drug-likeness (QED) is 0.180. The number of carbonyl (C=O) groups is 1. The summed E-state index contributed by atoms with van der Waals surface area (Å²) in [5.74, 6) is 1.18. The number of imidazole rings is 1. The van der Waals surface area contributed by atoms with Gasteiger partial charge in [-0.1, -0.05) is 94.3 Å². The first-order valence-corrected chi connectivity index (χ1v) is 13.2. The van der Waals surface area contributed by atoms with Gasteiger partial charge in [0.05, 0.1) is 11.0 Å². The summed E-state index contributed by atoms with van der Waals surface area (Å²) in [7, 11) is 0. The number of hydrogen-bond donors (Lipinski definition) is 1. The van der Waals surface area contributed by atoms with Crippen LogP contribution in [0.4, 0.5) is 0 Å². The van der Waals surface area contributed by atoms with Crippen LogP contribution in [-0.2, 0) is 17.8 Å². The highest BCUT2D eigenvalue weighted by Gasteiger charge is 2.10. The molecule has 0 saturated carbocycles. The second-order valence-corrected chi connectivity index (χ2v) is 9.14. The molecule has 34 heavy (non-hydrogen) atoms. The summed E-state index contributed by atoms with van der Waals surface area (Å²) in [6.07, 6.45) is 16.9. The van der Waals surface area contributed by atoms with Gasteiger partial charge in [0.1, 0.15) is 5.82 Å². The number of aryl methyl sites for hydroxylation is 2. The molecule has 1 amide bonds. The topological polar surface area (TPSA) is 46.9 Å². The van der Waals surface area contributed by atoms with Gasteiger partial charge < -0.3 is 9.88 Å². The van der Waals surface area contributed by atoms with Crippen LogP contribution in [0.3, 0.4) is 0 Å². The molecule has 0 fully saturated rings. The van der Waals surface area contributed by atoms with E-state index in [1.807, 2.05) is 36.4 Å². The van der Waals surface area contributed by atoms with Crippen molar-refractivity contribution in [3.8, 4) is 0 Å². The van der Waals surface area contributed by atoms with Crippen molar-refractivity contribution in [3.63, 3.8) is 0 Å². The minimum Gasteiger partial charge on any atom is -0.353 e. The first kappa shape index (κ1) is 25.7. The Morgan fingerprint density at radius 3 is 2.38 bits per heavy atom. The van der Waals surface area contributed by atoms with E-state index in [9.17, 15) is 4.79 Å². The van der Waals surface area contributed by atoms with Crippen LogP contribution in [0, 0.1) is 0 Å². The van der Waals surface area contributed by atoms with E-state index in [-0.39, 0.29) is 5.91 Å². The zero-order valence-corrected chi connectivity index (χ0v) is 20.8. The summed E-state index contributed by atoms with van der Waals surface area (Å²) in [6, 6.07) is 18.4. The molecule has 0 aliphatic rings. The summed E-state index contributed by atoms with van der Waals surface area (Å²) in [6.45, 7) is 4.05. The van der Waals surface area contributed by atoms with Crippen molar-refractivity contribution in [1.82, 2.24) is 14.9 Å². The maximum Gasteiger partial charge on any atom is 0.243 e. The highest BCUT2D eigenvalue weighted by atomic mass is 16.1. The van der Waals surface area contributed by atoms with Gasteiger partial charge in [0.15, 0.2) is 0 Å². The van der Waals surface area contributed by atoms with Crippen LogP contribution in [0.5, 0.6) is 0 Å². The third-order valence-electron chi connectivity index (χ3n) is 6.32. The Morgan fingerprint density at radius 1 is 0.853 bits per heavy atom. The standard InChI is InChI=1S/C30H41N3O/c1-2-3-4-5-6-7-16-25-33-28-20-14-13-19-27(28)32-29(33)21-12-9-15-24-31-30(34)23-22-26-17-10-8-11-18-26/h8,10-11,13-14,17-20,22-23H,2-7,9,12,15-16,21,24-25H2,1H3,(H,31,34)/b23-22+. The molecule has 4 heteroatoms. The van der Waals surface area contributed by atoms with E-state index in [0.717, 1.165) is 43.3 Å². The van der Waals surface area contributed by atoms with Gasteiger partial charge in [0, 0.05) is 25.6 Å². The number of benzene rings is 2. The molecule has 0 saturated heterocycles. The molecule has 3 aromatic rings. The molecule has 3 rings (SSSR count). The molecule has 0 aliphatic heterocycles. The zero-order valence-electron chi connectivity index (χ0n) is 20.8.